The quantitative estimate of drug-likeness (QED) is 0.334. The number of para-hydroxylation sites is 1. The Bertz CT molecular complexity index is 1580. The minimum absolute atomic E-state index is 0.0871. The van der Waals surface area contributed by atoms with Crippen LogP contribution in [0.4, 0.5) is 5.82 Å². The number of carbonyl (C=O) groups is 1. The molecule has 10 heteroatoms. The van der Waals surface area contributed by atoms with Gasteiger partial charge in [0.25, 0.3) is 5.56 Å². The number of fused-ring (bicyclic) bond motifs is 3. The predicted octanol–water partition coefficient (Wildman–Crippen LogP) is 4.57. The highest BCUT2D eigenvalue weighted by atomic mass is 32.2. The number of hydrogen-bond acceptors (Lipinski definition) is 7. The minimum atomic E-state index is -0.252. The minimum Gasteiger partial charge on any atom is -0.360 e. The van der Waals surface area contributed by atoms with Crippen LogP contribution in [0.1, 0.15) is 37.5 Å². The number of amides is 1. The number of aryl methyl sites for hydroxylation is 1. The van der Waals surface area contributed by atoms with Crippen molar-refractivity contribution >= 4 is 40.2 Å². The average molecular weight is 489 g/mol. The van der Waals surface area contributed by atoms with Crippen molar-refractivity contribution in [1.82, 2.24) is 24.3 Å². The van der Waals surface area contributed by atoms with E-state index in [-0.39, 0.29) is 17.2 Å². The first kappa shape index (κ1) is 22.9. The van der Waals surface area contributed by atoms with Crippen molar-refractivity contribution in [1.29, 1.82) is 0 Å². The molecule has 0 saturated heterocycles. The van der Waals surface area contributed by atoms with Crippen molar-refractivity contribution in [3.63, 3.8) is 0 Å². The lowest BCUT2D eigenvalue weighted by atomic mass is 9.98. The Balaban J connectivity index is 1.55. The number of thioether (sulfide) groups is 1. The fourth-order valence-corrected chi connectivity index (χ4v) is 4.67. The zero-order chi connectivity index (χ0) is 24.5. The number of nitrogens with one attached hydrogen (secondary N) is 1. The topological polar surface area (TPSA) is 107 Å². The Labute approximate surface area is 205 Å². The highest BCUT2D eigenvalue weighted by Gasteiger charge is 2.19. The molecule has 0 aliphatic heterocycles. The first-order chi connectivity index (χ1) is 17.0. The van der Waals surface area contributed by atoms with Gasteiger partial charge in [-0.15, -0.1) is 10.2 Å². The molecule has 0 spiro atoms. The molecule has 0 unspecified atom stereocenters. The van der Waals surface area contributed by atoms with Crippen molar-refractivity contribution in [2.45, 2.75) is 38.3 Å². The molecule has 35 heavy (non-hydrogen) atoms. The van der Waals surface area contributed by atoms with Gasteiger partial charge in [0, 0.05) is 6.07 Å². The molecule has 0 bridgehead atoms. The summed E-state index contributed by atoms with van der Waals surface area (Å²) in [7, 11) is 0. The van der Waals surface area contributed by atoms with E-state index in [2.05, 4.69) is 34.5 Å². The zero-order valence-corrected chi connectivity index (χ0v) is 20.4. The van der Waals surface area contributed by atoms with Gasteiger partial charge in [-0.3, -0.25) is 14.0 Å². The summed E-state index contributed by atoms with van der Waals surface area (Å²) < 4.78 is 8.37. The van der Waals surface area contributed by atoms with Crippen molar-refractivity contribution in [2.24, 2.45) is 0 Å². The van der Waals surface area contributed by atoms with E-state index >= 15 is 0 Å². The standard InChI is InChI=1S/C25H24N6O3S/c1-4-15(2)17-9-11-18(12-10-17)30-23(33)19-7-5-6-8-20(19)31-24(30)27-28-25(31)35-14-22(32)26-21-13-16(3)34-29-21/h5-13,15H,4,14H2,1-3H3,(H,26,29,32)/t15-/m0/s1. The van der Waals surface area contributed by atoms with E-state index in [4.69, 9.17) is 4.52 Å². The van der Waals surface area contributed by atoms with Crippen LogP contribution in [0.15, 0.2) is 69.1 Å². The number of carbonyl (C=O) groups excluding carboxylic acids is 1. The molecule has 0 fully saturated rings. The second-order valence-corrected chi connectivity index (χ2v) is 9.28. The summed E-state index contributed by atoms with van der Waals surface area (Å²) in [6.07, 6.45) is 1.04. The number of aromatic nitrogens is 5. The van der Waals surface area contributed by atoms with E-state index in [0.717, 1.165) is 6.42 Å². The van der Waals surface area contributed by atoms with Gasteiger partial charge in [0.05, 0.1) is 22.3 Å². The van der Waals surface area contributed by atoms with E-state index in [1.165, 1.54) is 17.3 Å². The van der Waals surface area contributed by atoms with E-state index in [9.17, 15) is 9.59 Å². The summed E-state index contributed by atoms with van der Waals surface area (Å²) in [5.41, 5.74) is 2.43. The number of nitrogens with zero attached hydrogens (tertiary/aromatic N) is 5. The van der Waals surface area contributed by atoms with Crippen LogP contribution >= 0.6 is 11.8 Å². The molecule has 0 aliphatic carbocycles. The highest BCUT2D eigenvalue weighted by Crippen LogP contribution is 2.25. The van der Waals surface area contributed by atoms with E-state index in [1.54, 1.807) is 23.6 Å². The molecule has 3 heterocycles. The van der Waals surface area contributed by atoms with E-state index in [0.29, 0.717) is 45.0 Å². The van der Waals surface area contributed by atoms with Crippen LogP contribution in [0.2, 0.25) is 0 Å². The molecular weight excluding hydrogens is 464 g/mol. The zero-order valence-electron chi connectivity index (χ0n) is 19.6. The largest absolute Gasteiger partial charge is 0.360 e. The van der Waals surface area contributed by atoms with Gasteiger partial charge >= 0.3 is 0 Å². The average Bonchev–Trinajstić information content (AvgIpc) is 3.48. The van der Waals surface area contributed by atoms with Gasteiger partial charge in [-0.2, -0.15) is 0 Å². The van der Waals surface area contributed by atoms with E-state index < -0.39 is 0 Å². The molecule has 3 aromatic heterocycles. The molecule has 178 valence electrons. The van der Waals surface area contributed by atoms with Gasteiger partial charge in [0.2, 0.25) is 11.7 Å². The van der Waals surface area contributed by atoms with Gasteiger partial charge < -0.3 is 9.84 Å². The molecule has 2 aromatic carbocycles. The first-order valence-corrected chi connectivity index (χ1v) is 12.3. The molecule has 9 nitrogen and oxygen atoms in total. The summed E-state index contributed by atoms with van der Waals surface area (Å²) in [6, 6.07) is 16.9. The van der Waals surface area contributed by atoms with Crippen LogP contribution in [0.3, 0.4) is 0 Å². The van der Waals surface area contributed by atoms with Crippen molar-refractivity contribution in [3.05, 3.63) is 76.3 Å². The maximum Gasteiger partial charge on any atom is 0.267 e. The Morgan fingerprint density at radius 1 is 1.14 bits per heavy atom. The summed E-state index contributed by atoms with van der Waals surface area (Å²) in [4.78, 5) is 25.9. The van der Waals surface area contributed by atoms with Gasteiger partial charge in [-0.05, 0) is 49.1 Å². The second-order valence-electron chi connectivity index (χ2n) is 8.34. The summed E-state index contributed by atoms with van der Waals surface area (Å²) >= 11 is 1.23. The van der Waals surface area contributed by atoms with Crippen LogP contribution < -0.4 is 10.9 Å². The van der Waals surface area contributed by atoms with Crippen LogP contribution in [0, 0.1) is 6.92 Å². The van der Waals surface area contributed by atoms with Crippen molar-refractivity contribution in [2.75, 3.05) is 11.1 Å². The molecule has 0 aliphatic rings. The Hall–Kier alpha value is -3.92. The number of rotatable bonds is 7. The number of anilines is 1. The number of benzene rings is 2. The SMILES string of the molecule is CC[C@H](C)c1ccc(-n2c(=O)c3ccccc3n3c(SCC(=O)Nc4cc(C)on4)nnc23)cc1. The third kappa shape index (κ3) is 4.32. The molecule has 1 N–H and O–H groups in total. The van der Waals surface area contributed by atoms with Gasteiger partial charge in [0.1, 0.15) is 5.76 Å². The summed E-state index contributed by atoms with van der Waals surface area (Å²) in [5, 5.41) is 16.2. The maximum absolute atomic E-state index is 13.5. The van der Waals surface area contributed by atoms with Gasteiger partial charge in [-0.25, -0.2) is 4.57 Å². The smallest absolute Gasteiger partial charge is 0.267 e. The second kappa shape index (κ2) is 9.38. The van der Waals surface area contributed by atoms with Crippen molar-refractivity contribution in [3.8, 4) is 5.69 Å². The van der Waals surface area contributed by atoms with Crippen molar-refractivity contribution < 1.29 is 9.32 Å². The van der Waals surface area contributed by atoms with Crippen LogP contribution in [0.5, 0.6) is 0 Å². The highest BCUT2D eigenvalue weighted by molar-refractivity contribution is 7.99. The lowest BCUT2D eigenvalue weighted by Gasteiger charge is -2.13. The number of hydrogen-bond donors (Lipinski definition) is 1. The van der Waals surface area contributed by atoms with Crippen LogP contribution in [-0.4, -0.2) is 36.0 Å². The lowest BCUT2D eigenvalue weighted by molar-refractivity contribution is -0.113. The molecule has 0 radical (unpaired) electrons. The molecule has 5 aromatic rings. The normalized spacial score (nSPS) is 12.3. The van der Waals surface area contributed by atoms with Crippen LogP contribution in [-0.2, 0) is 4.79 Å². The molecule has 1 amide bonds. The maximum atomic E-state index is 13.5. The monoisotopic (exact) mass is 488 g/mol. The summed E-state index contributed by atoms with van der Waals surface area (Å²) in [5.74, 6) is 1.63. The Kier molecular flexibility index (Phi) is 6.12. The third-order valence-electron chi connectivity index (χ3n) is 5.96. The molecular formula is C25H24N6O3S. The van der Waals surface area contributed by atoms with Gasteiger partial charge in [0.15, 0.2) is 11.0 Å². The summed E-state index contributed by atoms with van der Waals surface area (Å²) in [6.45, 7) is 6.08. The fraction of sp³-hybridized carbons (Fsp3) is 0.240. The molecule has 1 atom stereocenters. The first-order valence-electron chi connectivity index (χ1n) is 11.3. The molecule has 0 saturated carbocycles. The van der Waals surface area contributed by atoms with E-state index in [1.807, 2.05) is 46.9 Å². The van der Waals surface area contributed by atoms with Crippen LogP contribution in [0.25, 0.3) is 22.4 Å². The third-order valence-corrected chi connectivity index (χ3v) is 6.88. The fourth-order valence-electron chi connectivity index (χ4n) is 3.93. The Morgan fingerprint density at radius 3 is 2.63 bits per heavy atom. The molecule has 5 rings (SSSR count). The van der Waals surface area contributed by atoms with Gasteiger partial charge in [-0.1, -0.05) is 55.0 Å². The Morgan fingerprint density at radius 2 is 1.91 bits per heavy atom. The lowest BCUT2D eigenvalue weighted by Crippen LogP contribution is -2.22. The predicted molar refractivity (Wildman–Crippen MR) is 135 cm³/mol.